The first-order chi connectivity index (χ1) is 26.9. The Morgan fingerprint density at radius 1 is 0.545 bits per heavy atom. The van der Waals surface area contributed by atoms with Crippen LogP contribution in [0.1, 0.15) is 240 Å². The maximum absolute atomic E-state index is 13.5. The standard InChI is InChI=1S/C46H90NO7P/c1-6-11-14-17-20-23-24-27-29-32-35-38-45(48)47-43(42-53-55(50,51-40-9-4)52-41-10-5)44(37-34-31-28-25-21-18-15-12-7-2)54-46(49)39-36-33-30-26-22-19-16-13-8-3/h9,43-44H,4,6-8,10-42H2,1-3,5H3,(H,47,48)/t43-,44+,55?/m0/s1. The van der Waals surface area contributed by atoms with E-state index in [0.29, 0.717) is 25.7 Å². The van der Waals surface area contributed by atoms with Crippen LogP contribution in [0.25, 0.3) is 0 Å². The molecule has 0 spiro atoms. The lowest BCUT2D eigenvalue weighted by molar-refractivity contribution is -0.152. The Labute approximate surface area is 340 Å². The van der Waals surface area contributed by atoms with Crippen molar-refractivity contribution in [3.63, 3.8) is 0 Å². The number of esters is 1. The molecule has 0 aliphatic rings. The Morgan fingerprint density at radius 2 is 0.964 bits per heavy atom. The SMILES string of the molecule is C=CCOP(=O)(OCCC)OC[C@H](NC(=O)CCCCCCCCCCCCC)[C@@H](CCCCCCCCCCC)OC(=O)CCCCCCCCCCC. The summed E-state index contributed by atoms with van der Waals surface area (Å²) in [5.41, 5.74) is 0. The second-order valence-corrected chi connectivity index (χ2v) is 17.5. The highest BCUT2D eigenvalue weighted by molar-refractivity contribution is 7.48. The number of phosphoric ester groups is 1. The lowest BCUT2D eigenvalue weighted by Crippen LogP contribution is -2.48. The van der Waals surface area contributed by atoms with Gasteiger partial charge in [-0.2, -0.15) is 0 Å². The number of carbonyl (C=O) groups is 2. The Kier molecular flexibility index (Phi) is 40.1. The highest BCUT2D eigenvalue weighted by Gasteiger charge is 2.33. The van der Waals surface area contributed by atoms with Crippen LogP contribution in [0.5, 0.6) is 0 Å². The Hall–Kier alpha value is -1.21. The van der Waals surface area contributed by atoms with Gasteiger partial charge < -0.3 is 10.1 Å². The Bertz CT molecular complexity index is 917. The van der Waals surface area contributed by atoms with E-state index in [0.717, 1.165) is 57.8 Å². The molecular weight excluding hydrogens is 709 g/mol. The van der Waals surface area contributed by atoms with Crippen LogP contribution >= 0.6 is 7.82 Å². The molecule has 326 valence electrons. The summed E-state index contributed by atoms with van der Waals surface area (Å²) in [5.74, 6) is -0.352. The number of rotatable bonds is 44. The van der Waals surface area contributed by atoms with Gasteiger partial charge in [0.15, 0.2) is 0 Å². The molecule has 0 aromatic carbocycles. The molecule has 0 heterocycles. The van der Waals surface area contributed by atoms with Gasteiger partial charge in [-0.25, -0.2) is 4.57 Å². The summed E-state index contributed by atoms with van der Waals surface area (Å²) in [4.78, 5) is 26.7. The van der Waals surface area contributed by atoms with Gasteiger partial charge in [0.1, 0.15) is 6.10 Å². The number of ether oxygens (including phenoxy) is 1. The summed E-state index contributed by atoms with van der Waals surface area (Å²) in [6.07, 6.45) is 37.4. The predicted molar refractivity (Wildman–Crippen MR) is 233 cm³/mol. The van der Waals surface area contributed by atoms with Crippen molar-refractivity contribution in [2.75, 3.05) is 19.8 Å². The molecule has 3 atom stereocenters. The first-order valence-corrected chi connectivity index (χ1v) is 24.9. The van der Waals surface area contributed by atoms with Crippen molar-refractivity contribution in [3.8, 4) is 0 Å². The quantitative estimate of drug-likeness (QED) is 0.0283. The molecule has 0 aromatic heterocycles. The van der Waals surface area contributed by atoms with E-state index in [9.17, 15) is 14.2 Å². The summed E-state index contributed by atoms with van der Waals surface area (Å²) in [7, 11) is -3.93. The van der Waals surface area contributed by atoms with E-state index >= 15 is 0 Å². The molecule has 8 nitrogen and oxygen atoms in total. The van der Waals surface area contributed by atoms with Crippen LogP contribution in [0, 0.1) is 0 Å². The zero-order chi connectivity index (χ0) is 40.5. The minimum Gasteiger partial charge on any atom is -0.460 e. The van der Waals surface area contributed by atoms with Gasteiger partial charge in [0.2, 0.25) is 5.91 Å². The van der Waals surface area contributed by atoms with Crippen LogP contribution < -0.4 is 5.32 Å². The van der Waals surface area contributed by atoms with Crippen molar-refractivity contribution in [3.05, 3.63) is 12.7 Å². The number of hydrogen-bond donors (Lipinski definition) is 1. The van der Waals surface area contributed by atoms with Crippen molar-refractivity contribution in [2.45, 2.75) is 252 Å². The van der Waals surface area contributed by atoms with Gasteiger partial charge in [-0.15, -0.1) is 6.58 Å². The van der Waals surface area contributed by atoms with Crippen LogP contribution in [0.4, 0.5) is 0 Å². The Balaban J connectivity index is 5.47. The molecule has 0 radical (unpaired) electrons. The fourth-order valence-corrected chi connectivity index (χ4v) is 8.17. The largest absolute Gasteiger partial charge is 0.475 e. The van der Waals surface area contributed by atoms with Crippen molar-refractivity contribution >= 4 is 19.7 Å². The normalized spacial score (nSPS) is 13.7. The van der Waals surface area contributed by atoms with E-state index in [1.54, 1.807) is 0 Å². The van der Waals surface area contributed by atoms with Crippen molar-refractivity contribution in [2.24, 2.45) is 0 Å². The third kappa shape index (κ3) is 35.7. The smallest absolute Gasteiger partial charge is 0.460 e. The first kappa shape index (κ1) is 53.8. The topological polar surface area (TPSA) is 100 Å². The van der Waals surface area contributed by atoms with Gasteiger partial charge in [-0.3, -0.25) is 23.2 Å². The van der Waals surface area contributed by atoms with Gasteiger partial charge >= 0.3 is 13.8 Å². The average Bonchev–Trinajstić information content (AvgIpc) is 3.18. The molecule has 0 aromatic rings. The fourth-order valence-electron chi connectivity index (χ4n) is 6.91. The number of carbonyl (C=O) groups excluding carboxylic acids is 2. The van der Waals surface area contributed by atoms with E-state index in [2.05, 4.69) is 32.7 Å². The molecule has 0 saturated carbocycles. The van der Waals surface area contributed by atoms with Gasteiger partial charge in [0, 0.05) is 12.8 Å². The second kappa shape index (κ2) is 41.0. The summed E-state index contributed by atoms with van der Waals surface area (Å²) in [6.45, 7) is 12.4. The molecule has 1 N–H and O–H groups in total. The lowest BCUT2D eigenvalue weighted by Gasteiger charge is -2.29. The van der Waals surface area contributed by atoms with E-state index in [1.807, 2.05) is 6.92 Å². The predicted octanol–water partition coefficient (Wildman–Crippen LogP) is 14.7. The molecule has 0 aliphatic heterocycles. The monoisotopic (exact) mass is 800 g/mol. The van der Waals surface area contributed by atoms with Crippen LogP contribution in [0.2, 0.25) is 0 Å². The molecule has 0 fully saturated rings. The molecule has 0 aliphatic carbocycles. The molecular formula is C46H90NO7P. The number of hydrogen-bond acceptors (Lipinski definition) is 7. The summed E-state index contributed by atoms with van der Waals surface area (Å²) in [5, 5.41) is 3.13. The number of phosphoric acid groups is 1. The van der Waals surface area contributed by atoms with Crippen LogP contribution in [0.15, 0.2) is 12.7 Å². The van der Waals surface area contributed by atoms with E-state index < -0.39 is 20.0 Å². The van der Waals surface area contributed by atoms with Crippen LogP contribution in [-0.4, -0.2) is 43.8 Å². The van der Waals surface area contributed by atoms with Gasteiger partial charge in [-0.1, -0.05) is 201 Å². The highest BCUT2D eigenvalue weighted by Crippen LogP contribution is 2.49. The number of amides is 1. The van der Waals surface area contributed by atoms with E-state index in [4.69, 9.17) is 18.3 Å². The van der Waals surface area contributed by atoms with Crippen LogP contribution in [-0.2, 0) is 32.5 Å². The average molecular weight is 800 g/mol. The maximum Gasteiger partial charge on any atom is 0.475 e. The van der Waals surface area contributed by atoms with Gasteiger partial charge in [-0.05, 0) is 32.1 Å². The Morgan fingerprint density at radius 3 is 1.40 bits per heavy atom. The van der Waals surface area contributed by atoms with Crippen molar-refractivity contribution < 1.29 is 32.5 Å². The minimum atomic E-state index is -3.93. The fraction of sp³-hybridized carbons (Fsp3) is 0.913. The second-order valence-electron chi connectivity index (χ2n) is 15.8. The highest BCUT2D eigenvalue weighted by atomic mass is 31.2. The third-order valence-electron chi connectivity index (χ3n) is 10.4. The van der Waals surface area contributed by atoms with E-state index in [-0.39, 0.29) is 31.7 Å². The lowest BCUT2D eigenvalue weighted by atomic mass is 10.0. The van der Waals surface area contributed by atoms with Gasteiger partial charge in [0.25, 0.3) is 0 Å². The zero-order valence-electron chi connectivity index (χ0n) is 36.7. The summed E-state index contributed by atoms with van der Waals surface area (Å²) < 4.78 is 36.6. The zero-order valence-corrected chi connectivity index (χ0v) is 37.6. The number of nitrogens with one attached hydrogen (secondary N) is 1. The minimum absolute atomic E-state index is 0.00642. The van der Waals surface area contributed by atoms with Gasteiger partial charge in [0.05, 0.1) is 25.9 Å². The van der Waals surface area contributed by atoms with Crippen LogP contribution in [0.3, 0.4) is 0 Å². The molecule has 0 bridgehead atoms. The van der Waals surface area contributed by atoms with Crippen molar-refractivity contribution in [1.82, 2.24) is 5.32 Å². The molecule has 9 heteroatoms. The molecule has 55 heavy (non-hydrogen) atoms. The molecule has 1 unspecified atom stereocenters. The molecule has 0 saturated heterocycles. The first-order valence-electron chi connectivity index (χ1n) is 23.5. The van der Waals surface area contributed by atoms with E-state index in [1.165, 1.54) is 134 Å². The summed E-state index contributed by atoms with van der Waals surface area (Å²) >= 11 is 0. The maximum atomic E-state index is 13.5. The van der Waals surface area contributed by atoms with Crippen molar-refractivity contribution in [1.29, 1.82) is 0 Å². The molecule has 1 amide bonds. The summed E-state index contributed by atoms with van der Waals surface area (Å²) in [6, 6.07) is -0.674. The molecule has 0 rings (SSSR count). The number of unbranched alkanes of at least 4 members (excludes halogenated alkanes) is 26. The third-order valence-corrected chi connectivity index (χ3v) is 11.8.